The minimum Gasteiger partial charge on any atom is -0.365 e. The van der Waals surface area contributed by atoms with Crippen molar-refractivity contribution in [1.29, 1.82) is 0 Å². The van der Waals surface area contributed by atoms with Gasteiger partial charge in [0.05, 0.1) is 0 Å². The Hall–Kier alpha value is -2.21. The predicted molar refractivity (Wildman–Crippen MR) is 118 cm³/mol. The second kappa shape index (κ2) is 7.56. The Morgan fingerprint density at radius 1 is 1.21 bits per heavy atom. The van der Waals surface area contributed by atoms with Crippen LogP contribution in [0, 0.1) is 5.92 Å². The Bertz CT molecular complexity index is 883. The van der Waals surface area contributed by atoms with Gasteiger partial charge in [-0.1, -0.05) is 6.07 Å². The molecule has 1 saturated carbocycles. The van der Waals surface area contributed by atoms with Gasteiger partial charge in [0.2, 0.25) is 0 Å². The molecule has 3 aliphatic rings. The molecule has 1 saturated heterocycles. The van der Waals surface area contributed by atoms with E-state index in [9.17, 15) is 4.79 Å². The van der Waals surface area contributed by atoms with E-state index in [4.69, 9.17) is 0 Å². The lowest BCUT2D eigenvalue weighted by Crippen LogP contribution is -2.56. The summed E-state index contributed by atoms with van der Waals surface area (Å²) in [6, 6.07) is 7.65. The first kappa shape index (κ1) is 18.8. The molecule has 1 aromatic heterocycles. The van der Waals surface area contributed by atoms with Gasteiger partial charge in [-0.3, -0.25) is 4.90 Å². The van der Waals surface area contributed by atoms with Gasteiger partial charge in [0.1, 0.15) is 0 Å². The van der Waals surface area contributed by atoms with Gasteiger partial charge in [-0.05, 0) is 55.7 Å². The number of carbonyl (C=O) groups is 1. The third-order valence-electron chi connectivity index (χ3n) is 7.19. The second-order valence-electron chi connectivity index (χ2n) is 9.39. The smallest absolute Gasteiger partial charge is 0.317 e. The summed E-state index contributed by atoms with van der Waals surface area (Å²) >= 11 is 0. The molecule has 2 fully saturated rings. The van der Waals surface area contributed by atoms with Crippen molar-refractivity contribution in [3.8, 4) is 0 Å². The summed E-state index contributed by atoms with van der Waals surface area (Å²) in [6.45, 7) is 4.66. The van der Waals surface area contributed by atoms with E-state index in [-0.39, 0.29) is 6.03 Å². The van der Waals surface area contributed by atoms with Crippen molar-refractivity contribution in [3.63, 3.8) is 0 Å². The van der Waals surface area contributed by atoms with E-state index in [1.807, 2.05) is 14.1 Å². The van der Waals surface area contributed by atoms with E-state index in [2.05, 4.69) is 44.5 Å². The standard InChI is InChI=1S/C23H33N5O/c1-26(2)23(29)25-18-8-6-16(7-9-18)14-27-10-11-28-19(15-27)12-17-13-24-20-4-3-5-21(28)22(17)20/h3-5,13,16,18-19,24H,6-12,14-15H2,1-2H3,(H,25,29)/t16-,18-,19?. The highest BCUT2D eigenvalue weighted by molar-refractivity contribution is 5.96. The van der Waals surface area contributed by atoms with Gasteiger partial charge in [-0.2, -0.15) is 0 Å². The van der Waals surface area contributed by atoms with Gasteiger partial charge in [-0.15, -0.1) is 0 Å². The van der Waals surface area contributed by atoms with Crippen molar-refractivity contribution in [3.05, 3.63) is 30.0 Å². The van der Waals surface area contributed by atoms with Crippen LogP contribution in [-0.2, 0) is 6.42 Å². The summed E-state index contributed by atoms with van der Waals surface area (Å²) < 4.78 is 0. The normalized spacial score (nSPS) is 27.0. The number of piperazine rings is 1. The first-order valence-corrected chi connectivity index (χ1v) is 11.1. The van der Waals surface area contributed by atoms with E-state index in [1.165, 1.54) is 41.5 Å². The van der Waals surface area contributed by atoms with Crippen molar-refractivity contribution >= 4 is 22.6 Å². The molecule has 1 aromatic carbocycles. The highest BCUT2D eigenvalue weighted by Crippen LogP contribution is 2.38. The van der Waals surface area contributed by atoms with Crippen LogP contribution in [-0.4, -0.2) is 73.2 Å². The minimum atomic E-state index is 0.0426. The van der Waals surface area contributed by atoms with Crippen LogP contribution in [0.3, 0.4) is 0 Å². The number of carbonyl (C=O) groups excluding carboxylic acids is 1. The van der Waals surface area contributed by atoms with Crippen LogP contribution < -0.4 is 10.2 Å². The molecule has 6 nitrogen and oxygen atoms in total. The summed E-state index contributed by atoms with van der Waals surface area (Å²) in [5.74, 6) is 0.768. The Morgan fingerprint density at radius 3 is 2.83 bits per heavy atom. The summed E-state index contributed by atoms with van der Waals surface area (Å²) in [5.41, 5.74) is 4.18. The SMILES string of the molecule is CN(C)C(=O)N[C@H]1CC[C@H](CN2CCN3c4cccc5[nH]cc(c45)CC3C2)CC1. The number of nitrogens with one attached hydrogen (secondary N) is 2. The molecule has 2 aromatic rings. The van der Waals surface area contributed by atoms with Crippen LogP contribution in [0.15, 0.2) is 24.4 Å². The lowest BCUT2D eigenvalue weighted by molar-refractivity contribution is 0.159. The maximum atomic E-state index is 11.9. The van der Waals surface area contributed by atoms with Gasteiger partial charge in [0, 0.05) is 75.1 Å². The maximum Gasteiger partial charge on any atom is 0.317 e. The van der Waals surface area contributed by atoms with Crippen molar-refractivity contribution in [2.45, 2.75) is 44.2 Å². The monoisotopic (exact) mass is 395 g/mol. The van der Waals surface area contributed by atoms with Crippen molar-refractivity contribution in [2.24, 2.45) is 5.92 Å². The molecule has 1 aliphatic carbocycles. The Kier molecular flexibility index (Phi) is 4.90. The van der Waals surface area contributed by atoms with Crippen molar-refractivity contribution in [1.82, 2.24) is 20.1 Å². The van der Waals surface area contributed by atoms with Crippen LogP contribution in [0.4, 0.5) is 10.5 Å². The summed E-state index contributed by atoms with van der Waals surface area (Å²) in [6.07, 6.45) is 8.05. The molecule has 5 rings (SSSR count). The molecular formula is C23H33N5O. The quantitative estimate of drug-likeness (QED) is 0.840. The molecule has 3 heterocycles. The lowest BCUT2D eigenvalue weighted by Gasteiger charge is -2.46. The first-order chi connectivity index (χ1) is 14.1. The topological polar surface area (TPSA) is 54.6 Å². The number of urea groups is 1. The number of fused-ring (bicyclic) bond motifs is 2. The van der Waals surface area contributed by atoms with Crippen molar-refractivity contribution in [2.75, 3.05) is 45.2 Å². The van der Waals surface area contributed by atoms with E-state index < -0.39 is 0 Å². The minimum absolute atomic E-state index is 0.0426. The fourth-order valence-electron chi connectivity index (χ4n) is 5.62. The number of amides is 2. The third-order valence-corrected chi connectivity index (χ3v) is 7.19. The Labute approximate surface area is 173 Å². The molecule has 0 bridgehead atoms. The number of benzene rings is 1. The van der Waals surface area contributed by atoms with Crippen LogP contribution in [0.2, 0.25) is 0 Å². The van der Waals surface area contributed by atoms with Crippen LogP contribution in [0.25, 0.3) is 10.9 Å². The fraction of sp³-hybridized carbons (Fsp3) is 0.609. The number of hydrogen-bond donors (Lipinski definition) is 2. The van der Waals surface area contributed by atoms with E-state index in [0.717, 1.165) is 44.8 Å². The maximum absolute atomic E-state index is 11.9. The lowest BCUT2D eigenvalue weighted by atomic mass is 9.85. The molecule has 2 aliphatic heterocycles. The van der Waals surface area contributed by atoms with Gasteiger partial charge in [-0.25, -0.2) is 4.79 Å². The highest BCUT2D eigenvalue weighted by atomic mass is 16.2. The van der Waals surface area contributed by atoms with E-state index >= 15 is 0 Å². The Balaban J connectivity index is 1.16. The number of aromatic amines is 1. The third kappa shape index (κ3) is 3.59. The number of aromatic nitrogens is 1. The van der Waals surface area contributed by atoms with Gasteiger partial charge in [0.25, 0.3) is 0 Å². The zero-order valence-electron chi connectivity index (χ0n) is 17.7. The van der Waals surface area contributed by atoms with E-state index in [1.54, 1.807) is 4.90 Å². The van der Waals surface area contributed by atoms with Crippen LogP contribution in [0.5, 0.6) is 0 Å². The molecule has 1 atom stereocenters. The highest BCUT2D eigenvalue weighted by Gasteiger charge is 2.34. The average Bonchev–Trinajstić information content (AvgIpc) is 3.13. The average molecular weight is 396 g/mol. The first-order valence-electron chi connectivity index (χ1n) is 11.1. The van der Waals surface area contributed by atoms with Gasteiger partial charge >= 0.3 is 6.03 Å². The summed E-state index contributed by atoms with van der Waals surface area (Å²) in [4.78, 5) is 22.3. The van der Waals surface area contributed by atoms with E-state index in [0.29, 0.717) is 12.1 Å². The molecule has 156 valence electrons. The number of anilines is 1. The zero-order chi connectivity index (χ0) is 20.0. The molecule has 2 amide bonds. The predicted octanol–water partition coefficient (Wildman–Crippen LogP) is 3.04. The van der Waals surface area contributed by atoms with Crippen LogP contribution in [0.1, 0.15) is 31.2 Å². The summed E-state index contributed by atoms with van der Waals surface area (Å²) in [7, 11) is 3.62. The number of hydrogen-bond acceptors (Lipinski definition) is 3. The van der Waals surface area contributed by atoms with Gasteiger partial charge < -0.3 is 20.1 Å². The fourth-order valence-corrected chi connectivity index (χ4v) is 5.62. The van der Waals surface area contributed by atoms with Crippen molar-refractivity contribution < 1.29 is 4.79 Å². The Morgan fingerprint density at radius 2 is 2.03 bits per heavy atom. The molecule has 1 unspecified atom stereocenters. The zero-order valence-corrected chi connectivity index (χ0v) is 17.7. The number of nitrogens with zero attached hydrogens (tertiary/aromatic N) is 3. The molecule has 0 radical (unpaired) electrons. The molecule has 6 heteroatoms. The molecule has 2 N–H and O–H groups in total. The largest absolute Gasteiger partial charge is 0.365 e. The molecular weight excluding hydrogens is 362 g/mol. The summed E-state index contributed by atoms with van der Waals surface area (Å²) in [5, 5.41) is 4.60. The molecule has 29 heavy (non-hydrogen) atoms. The number of rotatable bonds is 3. The van der Waals surface area contributed by atoms with Crippen LogP contribution >= 0.6 is 0 Å². The second-order valence-corrected chi connectivity index (χ2v) is 9.39. The van der Waals surface area contributed by atoms with Gasteiger partial charge in [0.15, 0.2) is 0 Å². The number of H-pyrrole nitrogens is 1. The molecule has 0 spiro atoms.